The molecule has 88 valence electrons. The maximum absolute atomic E-state index is 6.30. The quantitative estimate of drug-likeness (QED) is 0.850. The Kier molecular flexibility index (Phi) is 3.51. The monoisotopic (exact) mass is 245 g/mol. The lowest BCUT2D eigenvalue weighted by Crippen LogP contribution is -2.13. The predicted octanol–water partition coefficient (Wildman–Crippen LogP) is 4.00. The molecule has 2 aromatic carbocycles. The zero-order chi connectivity index (χ0) is 12.4. The van der Waals surface area contributed by atoms with E-state index in [0.717, 1.165) is 16.1 Å². The molecule has 0 saturated carbocycles. The van der Waals surface area contributed by atoms with E-state index in [1.54, 1.807) is 0 Å². The van der Waals surface area contributed by atoms with Gasteiger partial charge in [0, 0.05) is 5.02 Å². The minimum Gasteiger partial charge on any atom is -0.320 e. The van der Waals surface area contributed by atoms with E-state index in [9.17, 15) is 0 Å². The van der Waals surface area contributed by atoms with E-state index >= 15 is 0 Å². The van der Waals surface area contributed by atoms with Crippen molar-refractivity contribution in [3.05, 3.63) is 69.7 Å². The summed E-state index contributed by atoms with van der Waals surface area (Å²) < 4.78 is 0. The molecule has 0 aromatic heterocycles. The largest absolute Gasteiger partial charge is 0.320 e. The first kappa shape index (κ1) is 12.2. The van der Waals surface area contributed by atoms with Crippen molar-refractivity contribution in [3.63, 3.8) is 0 Å². The number of benzene rings is 2. The molecule has 0 aliphatic carbocycles. The summed E-state index contributed by atoms with van der Waals surface area (Å²) in [6, 6.07) is 13.8. The zero-order valence-corrected chi connectivity index (χ0v) is 10.8. The number of rotatable bonds is 2. The summed E-state index contributed by atoms with van der Waals surface area (Å²) in [6.07, 6.45) is 0. The second-order valence-electron chi connectivity index (χ2n) is 4.32. The highest BCUT2D eigenvalue weighted by molar-refractivity contribution is 6.30. The van der Waals surface area contributed by atoms with E-state index in [1.807, 2.05) is 30.3 Å². The van der Waals surface area contributed by atoms with Crippen molar-refractivity contribution in [2.75, 3.05) is 0 Å². The van der Waals surface area contributed by atoms with Gasteiger partial charge >= 0.3 is 0 Å². The fourth-order valence-electron chi connectivity index (χ4n) is 1.99. The van der Waals surface area contributed by atoms with Gasteiger partial charge in [0.15, 0.2) is 0 Å². The molecule has 1 atom stereocenters. The summed E-state index contributed by atoms with van der Waals surface area (Å²) in [5.74, 6) is 0. The molecule has 0 aliphatic heterocycles. The van der Waals surface area contributed by atoms with Crippen LogP contribution >= 0.6 is 11.6 Å². The van der Waals surface area contributed by atoms with Crippen LogP contribution in [0.2, 0.25) is 5.02 Å². The van der Waals surface area contributed by atoms with Crippen molar-refractivity contribution in [3.8, 4) is 0 Å². The first-order chi connectivity index (χ1) is 8.09. The van der Waals surface area contributed by atoms with Crippen LogP contribution in [0.25, 0.3) is 0 Å². The van der Waals surface area contributed by atoms with Crippen LogP contribution in [0.1, 0.15) is 28.3 Å². The molecule has 2 N–H and O–H groups in total. The zero-order valence-electron chi connectivity index (χ0n) is 10.1. The molecule has 0 bridgehead atoms. The van der Waals surface area contributed by atoms with Gasteiger partial charge in [0.1, 0.15) is 0 Å². The molecule has 2 aromatic rings. The molecule has 2 rings (SSSR count). The van der Waals surface area contributed by atoms with Gasteiger partial charge < -0.3 is 5.73 Å². The van der Waals surface area contributed by atoms with Crippen LogP contribution in [0.15, 0.2) is 42.5 Å². The number of aryl methyl sites for hydroxylation is 1. The Labute approximate surface area is 107 Å². The van der Waals surface area contributed by atoms with Gasteiger partial charge in [-0.2, -0.15) is 0 Å². The minimum atomic E-state index is -0.117. The highest BCUT2D eigenvalue weighted by atomic mass is 35.5. The SMILES string of the molecule is Cc1cccc(C(N)c2cccc(Cl)c2)c1C. The molecular weight excluding hydrogens is 230 g/mol. The first-order valence-electron chi connectivity index (χ1n) is 5.67. The van der Waals surface area contributed by atoms with Crippen molar-refractivity contribution in [2.45, 2.75) is 19.9 Å². The van der Waals surface area contributed by atoms with Crippen LogP contribution in [-0.4, -0.2) is 0 Å². The molecule has 0 amide bonds. The number of hydrogen-bond acceptors (Lipinski definition) is 1. The Morgan fingerprint density at radius 1 is 1.06 bits per heavy atom. The summed E-state index contributed by atoms with van der Waals surface area (Å²) in [6.45, 7) is 4.21. The maximum Gasteiger partial charge on any atom is 0.0554 e. The van der Waals surface area contributed by atoms with Crippen LogP contribution in [0.4, 0.5) is 0 Å². The van der Waals surface area contributed by atoms with Gasteiger partial charge in [-0.3, -0.25) is 0 Å². The summed E-state index contributed by atoms with van der Waals surface area (Å²) in [5.41, 5.74) is 11.0. The van der Waals surface area contributed by atoms with Crippen LogP contribution in [0.5, 0.6) is 0 Å². The van der Waals surface area contributed by atoms with Gasteiger partial charge in [-0.15, -0.1) is 0 Å². The van der Waals surface area contributed by atoms with Crippen molar-refractivity contribution >= 4 is 11.6 Å². The molecule has 0 spiro atoms. The molecule has 0 aliphatic rings. The molecule has 0 saturated heterocycles. The Bertz CT molecular complexity index is 534. The first-order valence-corrected chi connectivity index (χ1v) is 6.04. The van der Waals surface area contributed by atoms with Gasteiger partial charge in [0.2, 0.25) is 0 Å². The standard InChI is InChI=1S/C15H16ClN/c1-10-5-3-8-14(11(10)2)15(17)12-6-4-7-13(16)9-12/h3-9,15H,17H2,1-2H3. The van der Waals surface area contributed by atoms with Gasteiger partial charge in [-0.05, 0) is 48.2 Å². The summed E-state index contributed by atoms with van der Waals surface area (Å²) >= 11 is 5.99. The molecule has 1 unspecified atom stereocenters. The fraction of sp³-hybridized carbons (Fsp3) is 0.200. The predicted molar refractivity (Wildman–Crippen MR) is 73.4 cm³/mol. The smallest absolute Gasteiger partial charge is 0.0554 e. The van der Waals surface area contributed by atoms with E-state index in [1.165, 1.54) is 11.1 Å². The molecule has 0 fully saturated rings. The van der Waals surface area contributed by atoms with E-state index in [4.69, 9.17) is 17.3 Å². The molecule has 1 nitrogen and oxygen atoms in total. The number of hydrogen-bond donors (Lipinski definition) is 1. The Balaban J connectivity index is 2.44. The van der Waals surface area contributed by atoms with Crippen molar-refractivity contribution in [1.82, 2.24) is 0 Å². The van der Waals surface area contributed by atoms with E-state index < -0.39 is 0 Å². The fourth-order valence-corrected chi connectivity index (χ4v) is 2.19. The summed E-state index contributed by atoms with van der Waals surface area (Å²) in [5, 5.41) is 0.725. The molecule has 17 heavy (non-hydrogen) atoms. The molecule has 2 heteroatoms. The molecular formula is C15H16ClN. The van der Waals surface area contributed by atoms with Crippen LogP contribution < -0.4 is 5.73 Å². The second kappa shape index (κ2) is 4.91. The van der Waals surface area contributed by atoms with E-state index in [-0.39, 0.29) is 6.04 Å². The highest BCUT2D eigenvalue weighted by Gasteiger charge is 2.12. The van der Waals surface area contributed by atoms with E-state index in [0.29, 0.717) is 0 Å². The lowest BCUT2D eigenvalue weighted by atomic mass is 9.93. The Morgan fingerprint density at radius 2 is 1.76 bits per heavy atom. The minimum absolute atomic E-state index is 0.117. The van der Waals surface area contributed by atoms with Gasteiger partial charge in [-0.1, -0.05) is 41.9 Å². The van der Waals surface area contributed by atoms with E-state index in [2.05, 4.69) is 26.0 Å². The lowest BCUT2D eigenvalue weighted by Gasteiger charge is -2.16. The third-order valence-corrected chi connectivity index (χ3v) is 3.42. The number of halogens is 1. The third kappa shape index (κ3) is 2.51. The Morgan fingerprint density at radius 3 is 2.47 bits per heavy atom. The molecule has 0 radical (unpaired) electrons. The van der Waals surface area contributed by atoms with Gasteiger partial charge in [0.05, 0.1) is 6.04 Å². The van der Waals surface area contributed by atoms with Gasteiger partial charge in [-0.25, -0.2) is 0 Å². The van der Waals surface area contributed by atoms with Crippen LogP contribution in [0.3, 0.4) is 0 Å². The average Bonchev–Trinajstić information content (AvgIpc) is 2.32. The maximum atomic E-state index is 6.30. The highest BCUT2D eigenvalue weighted by Crippen LogP contribution is 2.25. The topological polar surface area (TPSA) is 26.0 Å². The van der Waals surface area contributed by atoms with Crippen molar-refractivity contribution < 1.29 is 0 Å². The Hall–Kier alpha value is -1.31. The summed E-state index contributed by atoms with van der Waals surface area (Å²) in [4.78, 5) is 0. The third-order valence-electron chi connectivity index (χ3n) is 3.19. The van der Waals surface area contributed by atoms with Crippen molar-refractivity contribution in [1.29, 1.82) is 0 Å². The summed E-state index contributed by atoms with van der Waals surface area (Å²) in [7, 11) is 0. The average molecular weight is 246 g/mol. The van der Waals surface area contributed by atoms with Crippen LogP contribution in [-0.2, 0) is 0 Å². The van der Waals surface area contributed by atoms with Crippen molar-refractivity contribution in [2.24, 2.45) is 5.73 Å². The van der Waals surface area contributed by atoms with Crippen LogP contribution in [0, 0.1) is 13.8 Å². The molecule has 0 heterocycles. The lowest BCUT2D eigenvalue weighted by molar-refractivity contribution is 0.859. The van der Waals surface area contributed by atoms with Gasteiger partial charge in [0.25, 0.3) is 0 Å². The second-order valence-corrected chi connectivity index (χ2v) is 4.76. The number of nitrogens with two attached hydrogens (primary N) is 1. The normalized spacial score (nSPS) is 12.5.